The van der Waals surface area contributed by atoms with E-state index in [-0.39, 0.29) is 17.4 Å². The normalized spacial score (nSPS) is 12.9. The van der Waals surface area contributed by atoms with Crippen molar-refractivity contribution in [3.05, 3.63) is 24.0 Å². The lowest BCUT2D eigenvalue weighted by atomic mass is 9.87. The fraction of sp³-hybridized carbons (Fsp3) is 0.600. The van der Waals surface area contributed by atoms with Crippen LogP contribution in [0.4, 0.5) is 5.69 Å². The van der Waals surface area contributed by atoms with Crippen molar-refractivity contribution in [3.63, 3.8) is 0 Å². The molecule has 0 aliphatic carbocycles. The van der Waals surface area contributed by atoms with Gasteiger partial charge in [-0.2, -0.15) is 0 Å². The van der Waals surface area contributed by atoms with Gasteiger partial charge >= 0.3 is 0 Å². The van der Waals surface area contributed by atoms with Crippen LogP contribution >= 0.6 is 0 Å². The van der Waals surface area contributed by atoms with Gasteiger partial charge in [-0.25, -0.2) is 4.98 Å². The highest BCUT2D eigenvalue weighted by atomic mass is 16.2. The number of rotatable bonds is 4. The molecule has 1 amide bonds. The molecule has 0 radical (unpaired) electrons. The molecule has 1 unspecified atom stereocenters. The van der Waals surface area contributed by atoms with Crippen LogP contribution in [0.2, 0.25) is 0 Å². The fourth-order valence-electron chi connectivity index (χ4n) is 1.77. The number of carbonyl (C=O) groups is 1. The maximum Gasteiger partial charge on any atom is 0.272 e. The molecule has 0 spiro atoms. The Balaban J connectivity index is 2.82. The summed E-state index contributed by atoms with van der Waals surface area (Å²) < 4.78 is 0. The van der Waals surface area contributed by atoms with Crippen molar-refractivity contribution in [2.24, 2.45) is 5.41 Å². The molecule has 0 aliphatic rings. The first kappa shape index (κ1) is 15.5. The molecular formula is C15H25N3O. The van der Waals surface area contributed by atoms with Gasteiger partial charge in [0.25, 0.3) is 5.91 Å². The standard InChI is InChI=1S/C15H25N3O/c1-7-16-12-8-9-13(17-10-12)14(19)18(6)11(2)15(3,4)5/h8-11,16H,7H2,1-6H3. The zero-order valence-corrected chi connectivity index (χ0v) is 12.8. The van der Waals surface area contributed by atoms with Gasteiger partial charge in [0.15, 0.2) is 0 Å². The third kappa shape index (κ3) is 3.94. The van der Waals surface area contributed by atoms with Crippen LogP contribution in [-0.2, 0) is 0 Å². The summed E-state index contributed by atoms with van der Waals surface area (Å²) in [5.74, 6) is -0.0366. The van der Waals surface area contributed by atoms with Gasteiger partial charge in [0.1, 0.15) is 5.69 Å². The Morgan fingerprint density at radius 3 is 2.47 bits per heavy atom. The molecule has 1 aromatic heterocycles. The highest BCUT2D eigenvalue weighted by molar-refractivity contribution is 5.92. The summed E-state index contributed by atoms with van der Waals surface area (Å²) in [6.07, 6.45) is 1.70. The number of hydrogen-bond acceptors (Lipinski definition) is 3. The third-order valence-corrected chi connectivity index (χ3v) is 3.52. The Kier molecular flexibility index (Phi) is 4.92. The van der Waals surface area contributed by atoms with Crippen molar-refractivity contribution in [2.45, 2.75) is 40.7 Å². The van der Waals surface area contributed by atoms with E-state index in [0.29, 0.717) is 5.69 Å². The second-order valence-corrected chi connectivity index (χ2v) is 5.92. The molecule has 0 bridgehead atoms. The van der Waals surface area contributed by atoms with Crippen molar-refractivity contribution in [1.29, 1.82) is 0 Å². The topological polar surface area (TPSA) is 45.2 Å². The van der Waals surface area contributed by atoms with Gasteiger partial charge in [0.05, 0.1) is 11.9 Å². The summed E-state index contributed by atoms with van der Waals surface area (Å²) in [5, 5.41) is 3.16. The number of amides is 1. The molecule has 4 heteroatoms. The van der Waals surface area contributed by atoms with Crippen LogP contribution in [0.15, 0.2) is 18.3 Å². The van der Waals surface area contributed by atoms with Crippen molar-refractivity contribution in [1.82, 2.24) is 9.88 Å². The van der Waals surface area contributed by atoms with E-state index in [0.717, 1.165) is 12.2 Å². The van der Waals surface area contributed by atoms with Crippen molar-refractivity contribution < 1.29 is 4.79 Å². The van der Waals surface area contributed by atoms with Crippen LogP contribution in [0.3, 0.4) is 0 Å². The highest BCUT2D eigenvalue weighted by Crippen LogP contribution is 2.24. The number of hydrogen-bond donors (Lipinski definition) is 1. The smallest absolute Gasteiger partial charge is 0.272 e. The lowest BCUT2D eigenvalue weighted by Gasteiger charge is -2.35. The summed E-state index contributed by atoms with van der Waals surface area (Å²) in [5.41, 5.74) is 1.47. The minimum absolute atomic E-state index is 0.0366. The molecule has 0 aliphatic heterocycles. The first-order valence-electron chi connectivity index (χ1n) is 6.74. The second-order valence-electron chi connectivity index (χ2n) is 5.92. The molecule has 0 saturated heterocycles. The molecule has 1 heterocycles. The monoisotopic (exact) mass is 263 g/mol. The van der Waals surface area contributed by atoms with Crippen LogP contribution in [0.5, 0.6) is 0 Å². The zero-order chi connectivity index (χ0) is 14.6. The van der Waals surface area contributed by atoms with E-state index in [1.54, 1.807) is 17.2 Å². The molecular weight excluding hydrogens is 238 g/mol. The number of nitrogens with one attached hydrogen (secondary N) is 1. The van der Waals surface area contributed by atoms with Crippen molar-refractivity contribution in [2.75, 3.05) is 18.9 Å². The third-order valence-electron chi connectivity index (χ3n) is 3.52. The lowest BCUT2D eigenvalue weighted by molar-refractivity contribution is 0.0623. The van der Waals surface area contributed by atoms with Gasteiger partial charge in [-0.05, 0) is 31.4 Å². The van der Waals surface area contributed by atoms with Gasteiger partial charge in [-0.15, -0.1) is 0 Å². The Labute approximate surface area is 116 Å². The van der Waals surface area contributed by atoms with Crippen LogP contribution in [-0.4, -0.2) is 35.4 Å². The minimum Gasteiger partial charge on any atom is -0.384 e. The maximum atomic E-state index is 12.3. The number of pyridine rings is 1. The van der Waals surface area contributed by atoms with E-state index in [2.05, 4.69) is 38.0 Å². The van der Waals surface area contributed by atoms with Gasteiger partial charge in [-0.1, -0.05) is 20.8 Å². The molecule has 0 saturated carbocycles. The van der Waals surface area contributed by atoms with Crippen LogP contribution in [0.25, 0.3) is 0 Å². The van der Waals surface area contributed by atoms with Crippen LogP contribution < -0.4 is 5.32 Å². The minimum atomic E-state index is -0.0366. The largest absolute Gasteiger partial charge is 0.384 e. The van der Waals surface area contributed by atoms with Gasteiger partial charge in [-0.3, -0.25) is 4.79 Å². The average molecular weight is 263 g/mol. The average Bonchev–Trinajstić information content (AvgIpc) is 2.36. The number of carbonyl (C=O) groups excluding carboxylic acids is 1. The molecule has 0 aromatic carbocycles. The number of nitrogens with zero attached hydrogens (tertiary/aromatic N) is 2. The highest BCUT2D eigenvalue weighted by Gasteiger charge is 2.27. The molecule has 1 N–H and O–H groups in total. The van der Waals surface area contributed by atoms with Gasteiger partial charge in [0.2, 0.25) is 0 Å². The summed E-state index contributed by atoms with van der Waals surface area (Å²) >= 11 is 0. The zero-order valence-electron chi connectivity index (χ0n) is 12.8. The Morgan fingerprint density at radius 2 is 2.05 bits per heavy atom. The molecule has 106 valence electrons. The molecule has 1 aromatic rings. The molecule has 1 atom stereocenters. The van der Waals surface area contributed by atoms with E-state index >= 15 is 0 Å². The molecule has 19 heavy (non-hydrogen) atoms. The quantitative estimate of drug-likeness (QED) is 0.908. The van der Waals surface area contributed by atoms with Crippen LogP contribution in [0, 0.1) is 5.41 Å². The predicted octanol–water partition coefficient (Wildman–Crippen LogP) is 3.02. The van der Waals surface area contributed by atoms with E-state index < -0.39 is 0 Å². The summed E-state index contributed by atoms with van der Waals surface area (Å²) in [6.45, 7) is 11.3. The van der Waals surface area contributed by atoms with E-state index in [1.165, 1.54) is 0 Å². The summed E-state index contributed by atoms with van der Waals surface area (Å²) in [6, 6.07) is 3.81. The Morgan fingerprint density at radius 1 is 1.42 bits per heavy atom. The number of aromatic nitrogens is 1. The SMILES string of the molecule is CCNc1ccc(C(=O)N(C)C(C)C(C)(C)C)nc1. The predicted molar refractivity (Wildman–Crippen MR) is 79.4 cm³/mol. The maximum absolute atomic E-state index is 12.3. The van der Waals surface area contributed by atoms with Crippen LogP contribution in [0.1, 0.15) is 45.1 Å². The first-order valence-corrected chi connectivity index (χ1v) is 6.74. The Hall–Kier alpha value is -1.58. The van der Waals surface area contributed by atoms with Crippen molar-refractivity contribution in [3.8, 4) is 0 Å². The van der Waals surface area contributed by atoms with Gasteiger partial charge < -0.3 is 10.2 Å². The van der Waals surface area contributed by atoms with E-state index in [1.807, 2.05) is 20.0 Å². The molecule has 1 rings (SSSR count). The van der Waals surface area contributed by atoms with Crippen molar-refractivity contribution >= 4 is 11.6 Å². The second kappa shape index (κ2) is 6.04. The molecule has 0 fully saturated rings. The van der Waals surface area contributed by atoms with E-state index in [9.17, 15) is 4.79 Å². The van der Waals surface area contributed by atoms with Gasteiger partial charge in [0, 0.05) is 19.6 Å². The first-order chi connectivity index (χ1) is 8.77. The number of anilines is 1. The fourth-order valence-corrected chi connectivity index (χ4v) is 1.77. The lowest BCUT2D eigenvalue weighted by Crippen LogP contribution is -2.43. The Bertz CT molecular complexity index is 420. The summed E-state index contributed by atoms with van der Waals surface area (Å²) in [7, 11) is 1.83. The molecule has 4 nitrogen and oxygen atoms in total. The summed E-state index contributed by atoms with van der Waals surface area (Å²) in [4.78, 5) is 18.3. The van der Waals surface area contributed by atoms with E-state index in [4.69, 9.17) is 0 Å².